The Kier molecular flexibility index (Phi) is 3.53. The molecule has 1 fully saturated rings. The molecule has 17 heavy (non-hydrogen) atoms. The summed E-state index contributed by atoms with van der Waals surface area (Å²) in [4.78, 5) is 0. The van der Waals surface area contributed by atoms with Crippen LogP contribution >= 0.6 is 0 Å². The first kappa shape index (κ1) is 12.6. The molecule has 1 aliphatic rings. The summed E-state index contributed by atoms with van der Waals surface area (Å²) in [6.07, 6.45) is 1.16. The van der Waals surface area contributed by atoms with E-state index in [0.29, 0.717) is 11.8 Å². The highest BCUT2D eigenvalue weighted by Gasteiger charge is 2.39. The standard InChI is InChI=1S/C15H22FN/c1-11(2)15(3)7-8-17-10-14(15)12-5-4-6-13(16)9-12/h4-6,9,11,14,17H,7-8,10H2,1-3H3. The molecule has 1 N–H and O–H groups in total. The molecule has 1 aromatic rings. The number of nitrogens with one attached hydrogen (secondary N) is 1. The summed E-state index contributed by atoms with van der Waals surface area (Å²) >= 11 is 0. The molecule has 1 nitrogen and oxygen atoms in total. The van der Waals surface area contributed by atoms with Crippen LogP contribution in [0.15, 0.2) is 24.3 Å². The highest BCUT2D eigenvalue weighted by atomic mass is 19.1. The van der Waals surface area contributed by atoms with Crippen LogP contribution in [0.5, 0.6) is 0 Å². The molecule has 2 unspecified atom stereocenters. The van der Waals surface area contributed by atoms with Crippen molar-refractivity contribution in [3.63, 3.8) is 0 Å². The molecule has 0 amide bonds. The summed E-state index contributed by atoms with van der Waals surface area (Å²) in [5, 5.41) is 3.44. The number of piperidine rings is 1. The Hall–Kier alpha value is -0.890. The lowest BCUT2D eigenvalue weighted by molar-refractivity contribution is 0.120. The molecule has 0 saturated carbocycles. The van der Waals surface area contributed by atoms with E-state index in [0.717, 1.165) is 25.1 Å². The quantitative estimate of drug-likeness (QED) is 0.826. The molecule has 0 spiro atoms. The summed E-state index contributed by atoms with van der Waals surface area (Å²) < 4.78 is 13.4. The molecule has 2 atom stereocenters. The third kappa shape index (κ3) is 2.37. The van der Waals surface area contributed by atoms with E-state index in [1.54, 1.807) is 6.07 Å². The summed E-state index contributed by atoms with van der Waals surface area (Å²) in [5.74, 6) is 0.893. The van der Waals surface area contributed by atoms with Gasteiger partial charge in [0.1, 0.15) is 5.82 Å². The average molecular weight is 235 g/mol. The Morgan fingerprint density at radius 1 is 1.41 bits per heavy atom. The van der Waals surface area contributed by atoms with Gasteiger partial charge in [0.15, 0.2) is 0 Å². The maximum Gasteiger partial charge on any atom is 0.123 e. The van der Waals surface area contributed by atoms with Crippen molar-refractivity contribution < 1.29 is 4.39 Å². The maximum atomic E-state index is 13.4. The molecule has 0 radical (unpaired) electrons. The first-order valence-corrected chi connectivity index (χ1v) is 6.50. The van der Waals surface area contributed by atoms with Gasteiger partial charge in [-0.15, -0.1) is 0 Å². The zero-order valence-corrected chi connectivity index (χ0v) is 11.0. The summed E-state index contributed by atoms with van der Waals surface area (Å²) in [5.41, 5.74) is 1.40. The van der Waals surface area contributed by atoms with Gasteiger partial charge < -0.3 is 5.32 Å². The maximum absolute atomic E-state index is 13.4. The number of hydrogen-bond acceptors (Lipinski definition) is 1. The molecule has 2 rings (SSSR count). The van der Waals surface area contributed by atoms with E-state index in [9.17, 15) is 4.39 Å². The number of halogens is 1. The van der Waals surface area contributed by atoms with E-state index in [-0.39, 0.29) is 11.2 Å². The molecule has 1 heterocycles. The molecule has 2 heteroatoms. The van der Waals surface area contributed by atoms with Gasteiger partial charge in [-0.2, -0.15) is 0 Å². The van der Waals surface area contributed by atoms with Crippen molar-refractivity contribution in [3.05, 3.63) is 35.6 Å². The van der Waals surface area contributed by atoms with Gasteiger partial charge in [-0.05, 0) is 42.0 Å². The van der Waals surface area contributed by atoms with Crippen molar-refractivity contribution in [2.75, 3.05) is 13.1 Å². The van der Waals surface area contributed by atoms with Crippen molar-refractivity contribution in [3.8, 4) is 0 Å². The minimum atomic E-state index is -0.126. The SMILES string of the molecule is CC(C)C1(C)CCNCC1c1cccc(F)c1. The monoisotopic (exact) mass is 235 g/mol. The second-order valence-corrected chi connectivity index (χ2v) is 5.72. The van der Waals surface area contributed by atoms with Crippen LogP contribution in [-0.2, 0) is 0 Å². The van der Waals surface area contributed by atoms with Gasteiger partial charge in [-0.25, -0.2) is 4.39 Å². The summed E-state index contributed by atoms with van der Waals surface area (Å²) in [7, 11) is 0. The molecule has 1 saturated heterocycles. The van der Waals surface area contributed by atoms with Crippen LogP contribution in [0, 0.1) is 17.2 Å². The van der Waals surface area contributed by atoms with Crippen LogP contribution in [0.3, 0.4) is 0 Å². The Bertz CT molecular complexity index is 388. The molecule has 0 aliphatic carbocycles. The Morgan fingerprint density at radius 3 is 2.82 bits per heavy atom. The van der Waals surface area contributed by atoms with Gasteiger partial charge in [0.2, 0.25) is 0 Å². The molecule has 1 aliphatic heterocycles. The zero-order valence-electron chi connectivity index (χ0n) is 11.0. The number of rotatable bonds is 2. The van der Waals surface area contributed by atoms with Crippen molar-refractivity contribution >= 4 is 0 Å². The Morgan fingerprint density at radius 2 is 2.18 bits per heavy atom. The van der Waals surface area contributed by atoms with Crippen molar-refractivity contribution in [1.29, 1.82) is 0 Å². The minimum Gasteiger partial charge on any atom is -0.316 e. The largest absolute Gasteiger partial charge is 0.316 e. The second kappa shape index (κ2) is 4.77. The lowest BCUT2D eigenvalue weighted by Crippen LogP contribution is -2.44. The van der Waals surface area contributed by atoms with E-state index in [1.165, 1.54) is 6.07 Å². The molecular formula is C15H22FN. The fraction of sp³-hybridized carbons (Fsp3) is 0.600. The van der Waals surface area contributed by atoms with Crippen molar-refractivity contribution in [2.24, 2.45) is 11.3 Å². The average Bonchev–Trinajstić information content (AvgIpc) is 2.29. The van der Waals surface area contributed by atoms with Crippen LogP contribution in [0.1, 0.15) is 38.7 Å². The highest BCUT2D eigenvalue weighted by molar-refractivity contribution is 5.24. The summed E-state index contributed by atoms with van der Waals surface area (Å²) in [6, 6.07) is 7.09. The van der Waals surface area contributed by atoms with Gasteiger partial charge in [-0.1, -0.05) is 32.9 Å². The zero-order chi connectivity index (χ0) is 12.5. The predicted molar refractivity (Wildman–Crippen MR) is 69.6 cm³/mol. The smallest absolute Gasteiger partial charge is 0.123 e. The predicted octanol–water partition coefficient (Wildman–Crippen LogP) is 3.56. The molecule has 0 aromatic heterocycles. The lowest BCUT2D eigenvalue weighted by Gasteiger charge is -2.45. The van der Waals surface area contributed by atoms with Gasteiger partial charge in [-0.3, -0.25) is 0 Å². The summed E-state index contributed by atoms with van der Waals surface area (Å²) in [6.45, 7) is 8.92. The van der Waals surface area contributed by atoms with Crippen molar-refractivity contribution in [2.45, 2.75) is 33.1 Å². The third-order valence-corrected chi connectivity index (χ3v) is 4.55. The van der Waals surface area contributed by atoms with Gasteiger partial charge in [0.25, 0.3) is 0 Å². The lowest BCUT2D eigenvalue weighted by atomic mass is 9.63. The van der Waals surface area contributed by atoms with E-state index < -0.39 is 0 Å². The normalized spacial score (nSPS) is 29.6. The van der Waals surface area contributed by atoms with E-state index in [2.05, 4.69) is 32.2 Å². The fourth-order valence-corrected chi connectivity index (χ4v) is 2.92. The topological polar surface area (TPSA) is 12.0 Å². The second-order valence-electron chi connectivity index (χ2n) is 5.72. The van der Waals surface area contributed by atoms with E-state index in [1.807, 2.05) is 6.07 Å². The molecule has 94 valence electrons. The molecule has 0 bridgehead atoms. The third-order valence-electron chi connectivity index (χ3n) is 4.55. The van der Waals surface area contributed by atoms with Crippen LogP contribution < -0.4 is 5.32 Å². The van der Waals surface area contributed by atoms with E-state index in [4.69, 9.17) is 0 Å². The fourth-order valence-electron chi connectivity index (χ4n) is 2.92. The van der Waals surface area contributed by atoms with Crippen LogP contribution in [-0.4, -0.2) is 13.1 Å². The highest BCUT2D eigenvalue weighted by Crippen LogP contribution is 2.46. The number of hydrogen-bond donors (Lipinski definition) is 1. The molecular weight excluding hydrogens is 213 g/mol. The van der Waals surface area contributed by atoms with Gasteiger partial charge in [0.05, 0.1) is 0 Å². The van der Waals surface area contributed by atoms with Crippen LogP contribution in [0.25, 0.3) is 0 Å². The van der Waals surface area contributed by atoms with Gasteiger partial charge >= 0.3 is 0 Å². The minimum absolute atomic E-state index is 0.126. The van der Waals surface area contributed by atoms with Crippen molar-refractivity contribution in [1.82, 2.24) is 5.32 Å². The number of benzene rings is 1. The Labute approximate surface area is 103 Å². The Balaban J connectivity index is 2.34. The molecule has 1 aromatic carbocycles. The first-order valence-electron chi connectivity index (χ1n) is 6.50. The van der Waals surface area contributed by atoms with Gasteiger partial charge in [0, 0.05) is 12.5 Å². The van der Waals surface area contributed by atoms with Crippen LogP contribution in [0.2, 0.25) is 0 Å². The van der Waals surface area contributed by atoms with Crippen LogP contribution in [0.4, 0.5) is 4.39 Å². The van der Waals surface area contributed by atoms with E-state index >= 15 is 0 Å². The first-order chi connectivity index (χ1) is 8.04.